The van der Waals surface area contributed by atoms with Crippen LogP contribution >= 0.6 is 22.9 Å². The van der Waals surface area contributed by atoms with Crippen LogP contribution < -0.4 is 10.4 Å². The number of hydrogen-bond acceptors (Lipinski definition) is 5. The van der Waals surface area contributed by atoms with Crippen molar-refractivity contribution in [2.75, 3.05) is 6.73 Å². The highest BCUT2D eigenvalue weighted by Crippen LogP contribution is 2.34. The molecule has 6 heteroatoms. The smallest absolute Gasteiger partial charge is 0.344 e. The number of ether oxygens (including phenoxy) is 1. The summed E-state index contributed by atoms with van der Waals surface area (Å²) in [5, 5.41) is 3.58. The van der Waals surface area contributed by atoms with E-state index in [-0.39, 0.29) is 5.63 Å². The third kappa shape index (κ3) is 3.22. The van der Waals surface area contributed by atoms with Crippen molar-refractivity contribution >= 4 is 33.9 Å². The molecule has 1 aliphatic rings. The van der Waals surface area contributed by atoms with E-state index >= 15 is 0 Å². The van der Waals surface area contributed by atoms with Crippen molar-refractivity contribution in [3.8, 4) is 16.9 Å². The number of nitrogens with zero attached hydrogens (tertiary/aromatic N) is 1. The quantitative estimate of drug-likeness (QED) is 0.417. The lowest BCUT2D eigenvalue weighted by atomic mass is 10.0. The van der Waals surface area contributed by atoms with Crippen LogP contribution in [0.5, 0.6) is 5.75 Å². The molecule has 4 nitrogen and oxygen atoms in total. The first-order valence-corrected chi connectivity index (χ1v) is 10.2. The zero-order chi connectivity index (χ0) is 19.1. The van der Waals surface area contributed by atoms with E-state index in [9.17, 15) is 4.79 Å². The van der Waals surface area contributed by atoms with E-state index in [1.54, 1.807) is 23.5 Å². The van der Waals surface area contributed by atoms with Crippen LogP contribution in [0.1, 0.15) is 10.4 Å². The fourth-order valence-electron chi connectivity index (χ4n) is 3.49. The monoisotopic (exact) mass is 409 g/mol. The molecule has 0 spiro atoms. The molecule has 0 atom stereocenters. The largest absolute Gasteiger partial charge is 0.478 e. The Kier molecular flexibility index (Phi) is 4.43. The second-order valence-electron chi connectivity index (χ2n) is 6.75. The zero-order valence-electron chi connectivity index (χ0n) is 14.9. The third-order valence-electron chi connectivity index (χ3n) is 4.86. The maximum Gasteiger partial charge on any atom is 0.344 e. The first kappa shape index (κ1) is 17.5. The molecule has 3 heterocycles. The van der Waals surface area contributed by atoms with Gasteiger partial charge in [0.2, 0.25) is 0 Å². The van der Waals surface area contributed by atoms with Gasteiger partial charge in [-0.2, -0.15) is 0 Å². The van der Waals surface area contributed by atoms with Crippen molar-refractivity contribution in [3.05, 3.63) is 85.9 Å². The maximum atomic E-state index is 12.7. The molecular formula is C22H16ClNO3S. The van der Waals surface area contributed by atoms with Crippen LogP contribution in [0.15, 0.2) is 69.2 Å². The van der Waals surface area contributed by atoms with Crippen molar-refractivity contribution in [1.82, 2.24) is 4.90 Å². The topological polar surface area (TPSA) is 42.7 Å². The van der Waals surface area contributed by atoms with Crippen LogP contribution in [0.25, 0.3) is 22.1 Å². The van der Waals surface area contributed by atoms with Crippen molar-refractivity contribution in [3.63, 3.8) is 0 Å². The molecule has 0 bridgehead atoms. The minimum Gasteiger partial charge on any atom is -0.478 e. The maximum absolute atomic E-state index is 12.7. The minimum atomic E-state index is -0.362. The molecule has 28 heavy (non-hydrogen) atoms. The lowest BCUT2D eigenvalue weighted by Crippen LogP contribution is -2.31. The molecule has 1 aliphatic heterocycles. The number of hydrogen-bond donors (Lipinski definition) is 0. The van der Waals surface area contributed by atoms with Gasteiger partial charge in [0.25, 0.3) is 0 Å². The number of thiophene rings is 1. The molecule has 2 aromatic carbocycles. The van der Waals surface area contributed by atoms with Gasteiger partial charge in [-0.25, -0.2) is 4.79 Å². The van der Waals surface area contributed by atoms with Crippen LogP contribution in [0.4, 0.5) is 0 Å². The molecule has 0 saturated carbocycles. The van der Waals surface area contributed by atoms with Crippen molar-refractivity contribution < 1.29 is 9.15 Å². The number of fused-ring (bicyclic) bond motifs is 3. The van der Waals surface area contributed by atoms with Gasteiger partial charge in [0.15, 0.2) is 0 Å². The summed E-state index contributed by atoms with van der Waals surface area (Å²) in [7, 11) is 0. The fraction of sp³-hybridized carbons (Fsp3) is 0.136. The highest BCUT2D eigenvalue weighted by molar-refractivity contribution is 7.09. The van der Waals surface area contributed by atoms with Gasteiger partial charge in [0.05, 0.1) is 11.1 Å². The van der Waals surface area contributed by atoms with Crippen LogP contribution in [0, 0.1) is 0 Å². The summed E-state index contributed by atoms with van der Waals surface area (Å²) in [4.78, 5) is 16.2. The van der Waals surface area contributed by atoms with E-state index in [0.717, 1.165) is 28.8 Å². The van der Waals surface area contributed by atoms with Crippen LogP contribution in [0.2, 0.25) is 5.02 Å². The van der Waals surface area contributed by atoms with Crippen molar-refractivity contribution in [2.24, 2.45) is 0 Å². The molecule has 2 aromatic heterocycles. The zero-order valence-corrected chi connectivity index (χ0v) is 16.4. The van der Waals surface area contributed by atoms with E-state index in [4.69, 9.17) is 20.8 Å². The molecular weight excluding hydrogens is 394 g/mol. The van der Waals surface area contributed by atoms with Crippen LogP contribution in [0.3, 0.4) is 0 Å². The highest BCUT2D eigenvalue weighted by Gasteiger charge is 2.22. The Hall–Kier alpha value is -2.60. The third-order valence-corrected chi connectivity index (χ3v) is 5.97. The average molecular weight is 410 g/mol. The Morgan fingerprint density at radius 2 is 1.96 bits per heavy atom. The van der Waals surface area contributed by atoms with Gasteiger partial charge in [-0.15, -0.1) is 11.3 Å². The SMILES string of the molecule is O=c1oc2c3c(ccc2cc1-c1ccc(Cl)cc1)OCN(Cc1cccs1)C3. The molecule has 0 amide bonds. The predicted octanol–water partition coefficient (Wildman–Crippen LogP) is 5.53. The molecule has 0 radical (unpaired) electrons. The summed E-state index contributed by atoms with van der Waals surface area (Å²) in [6.45, 7) is 2.00. The normalized spacial score (nSPS) is 14.0. The summed E-state index contributed by atoms with van der Waals surface area (Å²) in [6.07, 6.45) is 0. The standard InChI is InChI=1S/C22H16ClNO3S/c23-16-6-3-14(4-7-16)18-10-15-5-8-20-19(21(15)27-22(18)25)12-24(13-26-20)11-17-2-1-9-28-17/h1-10H,11-13H2. The van der Waals surface area contributed by atoms with Gasteiger partial charge in [-0.05, 0) is 47.3 Å². The molecule has 4 aromatic rings. The second-order valence-corrected chi connectivity index (χ2v) is 8.22. The second kappa shape index (κ2) is 7.09. The Labute approximate surface area is 170 Å². The summed E-state index contributed by atoms with van der Waals surface area (Å²) in [5.74, 6) is 0.775. The van der Waals surface area contributed by atoms with E-state index in [1.807, 2.05) is 36.4 Å². The van der Waals surface area contributed by atoms with E-state index in [0.29, 0.717) is 29.4 Å². The van der Waals surface area contributed by atoms with Gasteiger partial charge in [0.1, 0.15) is 18.1 Å². The Balaban J connectivity index is 1.55. The van der Waals surface area contributed by atoms with Gasteiger partial charge in [-0.3, -0.25) is 4.90 Å². The Morgan fingerprint density at radius 3 is 2.75 bits per heavy atom. The van der Waals surface area contributed by atoms with Crippen LogP contribution in [-0.2, 0) is 13.1 Å². The molecule has 0 fully saturated rings. The first-order chi connectivity index (χ1) is 13.7. The first-order valence-electron chi connectivity index (χ1n) is 8.90. The summed E-state index contributed by atoms with van der Waals surface area (Å²) >= 11 is 7.68. The molecule has 0 unspecified atom stereocenters. The van der Waals surface area contributed by atoms with Crippen molar-refractivity contribution in [2.45, 2.75) is 13.1 Å². The molecule has 5 rings (SSSR count). The van der Waals surface area contributed by atoms with E-state index in [1.165, 1.54) is 4.88 Å². The minimum absolute atomic E-state index is 0.362. The molecule has 0 N–H and O–H groups in total. The van der Waals surface area contributed by atoms with Crippen LogP contribution in [-0.4, -0.2) is 11.6 Å². The summed E-state index contributed by atoms with van der Waals surface area (Å²) in [6, 6.07) is 17.1. The number of halogens is 1. The van der Waals surface area contributed by atoms with Gasteiger partial charge in [0, 0.05) is 28.4 Å². The summed E-state index contributed by atoms with van der Waals surface area (Å²) in [5.41, 5.74) is 2.46. The summed E-state index contributed by atoms with van der Waals surface area (Å²) < 4.78 is 11.7. The van der Waals surface area contributed by atoms with Gasteiger partial charge < -0.3 is 9.15 Å². The number of benzene rings is 2. The Bertz CT molecular complexity index is 1200. The average Bonchev–Trinajstić information content (AvgIpc) is 3.21. The Morgan fingerprint density at radius 1 is 1.11 bits per heavy atom. The van der Waals surface area contributed by atoms with E-state index in [2.05, 4.69) is 16.3 Å². The molecule has 0 aliphatic carbocycles. The van der Waals surface area contributed by atoms with E-state index < -0.39 is 0 Å². The molecule has 140 valence electrons. The molecule has 0 saturated heterocycles. The lowest BCUT2D eigenvalue weighted by Gasteiger charge is -2.28. The van der Waals surface area contributed by atoms with Gasteiger partial charge in [-0.1, -0.05) is 29.8 Å². The number of rotatable bonds is 3. The van der Waals surface area contributed by atoms with Crippen molar-refractivity contribution in [1.29, 1.82) is 0 Å². The lowest BCUT2D eigenvalue weighted by molar-refractivity contribution is 0.0899. The fourth-order valence-corrected chi connectivity index (χ4v) is 4.37. The predicted molar refractivity (Wildman–Crippen MR) is 112 cm³/mol. The highest BCUT2D eigenvalue weighted by atomic mass is 35.5. The van der Waals surface area contributed by atoms with Gasteiger partial charge >= 0.3 is 5.63 Å².